The lowest BCUT2D eigenvalue weighted by molar-refractivity contribution is -0.117. The number of para-hydroxylation sites is 1. The van der Waals surface area contributed by atoms with Crippen molar-refractivity contribution < 1.29 is 14.3 Å². The predicted molar refractivity (Wildman–Crippen MR) is 104 cm³/mol. The Morgan fingerprint density at radius 3 is 2.78 bits per heavy atom. The number of carbonyl (C=O) groups excluding carboxylic acids is 2. The Morgan fingerprint density at radius 2 is 2.00 bits per heavy atom. The average molecular weight is 364 g/mol. The standard InChI is InChI=1S/C22H24N2O3/c1-22(2)14-18(17-9-3-4-10-19(17)27-22)23-21(26)15-7-5-8-16(13-15)24-12-6-11-20(24)25/h3-5,7-10,13,18H,6,11-12,14H2,1-2H3,(H,23,26). The van der Waals surface area contributed by atoms with Gasteiger partial charge in [0.1, 0.15) is 11.4 Å². The summed E-state index contributed by atoms with van der Waals surface area (Å²) in [5.74, 6) is 0.795. The van der Waals surface area contributed by atoms with Crippen molar-refractivity contribution in [3.05, 3.63) is 59.7 Å². The molecule has 2 aromatic rings. The quantitative estimate of drug-likeness (QED) is 0.900. The average Bonchev–Trinajstić information content (AvgIpc) is 3.07. The molecule has 2 aromatic carbocycles. The van der Waals surface area contributed by atoms with E-state index in [0.717, 1.165) is 23.4 Å². The van der Waals surface area contributed by atoms with Crippen molar-refractivity contribution in [2.75, 3.05) is 11.4 Å². The van der Waals surface area contributed by atoms with Gasteiger partial charge in [0.15, 0.2) is 0 Å². The molecule has 5 heteroatoms. The summed E-state index contributed by atoms with van der Waals surface area (Å²) in [6, 6.07) is 15.0. The van der Waals surface area contributed by atoms with Gasteiger partial charge >= 0.3 is 0 Å². The van der Waals surface area contributed by atoms with Crippen LogP contribution in [-0.2, 0) is 4.79 Å². The molecule has 0 saturated carbocycles. The van der Waals surface area contributed by atoms with Gasteiger partial charge in [-0.25, -0.2) is 0 Å². The van der Waals surface area contributed by atoms with Gasteiger partial charge in [-0.15, -0.1) is 0 Å². The SMILES string of the molecule is CC1(C)CC(NC(=O)c2cccc(N3CCCC3=O)c2)c2ccccc2O1. The number of carbonyl (C=O) groups is 2. The predicted octanol–water partition coefficient (Wildman–Crippen LogP) is 3.85. The molecule has 140 valence electrons. The van der Waals surface area contributed by atoms with Crippen LogP contribution in [0, 0.1) is 0 Å². The summed E-state index contributed by atoms with van der Waals surface area (Å²) >= 11 is 0. The Bertz CT molecular complexity index is 891. The monoisotopic (exact) mass is 364 g/mol. The Balaban J connectivity index is 1.57. The highest BCUT2D eigenvalue weighted by Crippen LogP contribution is 2.39. The van der Waals surface area contributed by atoms with Gasteiger partial charge in [-0.05, 0) is 44.5 Å². The minimum Gasteiger partial charge on any atom is -0.487 e. The van der Waals surface area contributed by atoms with Gasteiger partial charge in [0.2, 0.25) is 5.91 Å². The number of anilines is 1. The Kier molecular flexibility index (Phi) is 4.38. The summed E-state index contributed by atoms with van der Waals surface area (Å²) in [7, 11) is 0. The topological polar surface area (TPSA) is 58.6 Å². The number of amides is 2. The van der Waals surface area contributed by atoms with E-state index in [2.05, 4.69) is 5.32 Å². The van der Waals surface area contributed by atoms with Gasteiger partial charge in [0, 0.05) is 36.2 Å². The molecule has 1 saturated heterocycles. The minimum atomic E-state index is -0.351. The number of hydrogen-bond donors (Lipinski definition) is 1. The Morgan fingerprint density at radius 1 is 1.19 bits per heavy atom. The van der Waals surface area contributed by atoms with Crippen molar-refractivity contribution in [3.63, 3.8) is 0 Å². The van der Waals surface area contributed by atoms with Crippen molar-refractivity contribution in [1.29, 1.82) is 0 Å². The normalized spacial score (nSPS) is 20.7. The number of hydrogen-bond acceptors (Lipinski definition) is 3. The summed E-state index contributed by atoms with van der Waals surface area (Å²) in [5.41, 5.74) is 2.00. The molecule has 0 spiro atoms. The van der Waals surface area contributed by atoms with Crippen molar-refractivity contribution in [2.24, 2.45) is 0 Å². The third-order valence-electron chi connectivity index (χ3n) is 5.18. The summed E-state index contributed by atoms with van der Waals surface area (Å²) in [6.45, 7) is 4.77. The summed E-state index contributed by atoms with van der Waals surface area (Å²) in [5, 5.41) is 3.15. The molecule has 5 nitrogen and oxygen atoms in total. The molecule has 0 aliphatic carbocycles. The third-order valence-corrected chi connectivity index (χ3v) is 5.18. The highest BCUT2D eigenvalue weighted by molar-refractivity contribution is 5.99. The van der Waals surface area contributed by atoms with E-state index in [0.29, 0.717) is 24.9 Å². The first-order valence-corrected chi connectivity index (χ1v) is 9.42. The summed E-state index contributed by atoms with van der Waals surface area (Å²) < 4.78 is 6.04. The molecule has 1 fully saturated rings. The first kappa shape index (κ1) is 17.6. The van der Waals surface area contributed by atoms with E-state index in [-0.39, 0.29) is 23.5 Å². The molecule has 2 aliphatic heterocycles. The van der Waals surface area contributed by atoms with Crippen LogP contribution in [0.5, 0.6) is 5.75 Å². The molecular weight excluding hydrogens is 340 g/mol. The number of fused-ring (bicyclic) bond motifs is 1. The van der Waals surface area contributed by atoms with E-state index in [9.17, 15) is 9.59 Å². The van der Waals surface area contributed by atoms with Gasteiger partial charge in [0.25, 0.3) is 5.91 Å². The van der Waals surface area contributed by atoms with Crippen LogP contribution in [0.4, 0.5) is 5.69 Å². The zero-order valence-corrected chi connectivity index (χ0v) is 15.7. The minimum absolute atomic E-state index is 0.116. The van der Waals surface area contributed by atoms with E-state index in [4.69, 9.17) is 4.74 Å². The number of ether oxygens (including phenoxy) is 1. The second kappa shape index (κ2) is 6.72. The van der Waals surface area contributed by atoms with Crippen molar-refractivity contribution in [2.45, 2.75) is 44.8 Å². The number of rotatable bonds is 3. The van der Waals surface area contributed by atoms with E-state index in [1.807, 2.05) is 50.2 Å². The van der Waals surface area contributed by atoms with E-state index in [1.165, 1.54) is 0 Å². The Labute approximate surface area is 159 Å². The first-order valence-electron chi connectivity index (χ1n) is 9.42. The zero-order valence-electron chi connectivity index (χ0n) is 15.7. The van der Waals surface area contributed by atoms with Crippen LogP contribution < -0.4 is 15.0 Å². The number of benzene rings is 2. The van der Waals surface area contributed by atoms with Crippen LogP contribution >= 0.6 is 0 Å². The van der Waals surface area contributed by atoms with Crippen LogP contribution in [0.25, 0.3) is 0 Å². The molecule has 2 heterocycles. The fraction of sp³-hybridized carbons (Fsp3) is 0.364. The lowest BCUT2D eigenvalue weighted by Gasteiger charge is -2.37. The van der Waals surface area contributed by atoms with Crippen molar-refractivity contribution in [3.8, 4) is 5.75 Å². The van der Waals surface area contributed by atoms with Crippen LogP contribution in [0.15, 0.2) is 48.5 Å². The van der Waals surface area contributed by atoms with E-state index < -0.39 is 0 Å². The zero-order chi connectivity index (χ0) is 19.0. The Hall–Kier alpha value is -2.82. The molecule has 0 radical (unpaired) electrons. The molecular formula is C22H24N2O3. The molecule has 0 aromatic heterocycles. The van der Waals surface area contributed by atoms with Crippen molar-refractivity contribution in [1.82, 2.24) is 5.32 Å². The van der Waals surface area contributed by atoms with Crippen LogP contribution in [0.1, 0.15) is 55.1 Å². The van der Waals surface area contributed by atoms with Gasteiger partial charge in [-0.1, -0.05) is 24.3 Å². The summed E-state index contributed by atoms with van der Waals surface area (Å²) in [4.78, 5) is 26.7. The molecule has 2 amide bonds. The number of nitrogens with zero attached hydrogens (tertiary/aromatic N) is 1. The molecule has 1 unspecified atom stereocenters. The highest BCUT2D eigenvalue weighted by atomic mass is 16.5. The van der Waals surface area contributed by atoms with Crippen LogP contribution in [0.2, 0.25) is 0 Å². The molecule has 0 bridgehead atoms. The lowest BCUT2D eigenvalue weighted by Crippen LogP contribution is -2.41. The lowest BCUT2D eigenvalue weighted by atomic mass is 9.89. The van der Waals surface area contributed by atoms with Crippen molar-refractivity contribution >= 4 is 17.5 Å². The molecule has 1 N–H and O–H groups in total. The fourth-order valence-corrected chi connectivity index (χ4v) is 3.91. The fourth-order valence-electron chi connectivity index (χ4n) is 3.91. The van der Waals surface area contributed by atoms with Gasteiger partial charge in [0.05, 0.1) is 6.04 Å². The van der Waals surface area contributed by atoms with Crippen LogP contribution in [-0.4, -0.2) is 24.0 Å². The summed E-state index contributed by atoms with van der Waals surface area (Å²) in [6.07, 6.45) is 2.13. The molecule has 2 aliphatic rings. The number of nitrogens with one attached hydrogen (secondary N) is 1. The molecule has 1 atom stereocenters. The maximum absolute atomic E-state index is 12.9. The van der Waals surface area contributed by atoms with Gasteiger partial charge in [-0.3, -0.25) is 9.59 Å². The molecule has 27 heavy (non-hydrogen) atoms. The first-order chi connectivity index (χ1) is 12.9. The smallest absolute Gasteiger partial charge is 0.251 e. The van der Waals surface area contributed by atoms with E-state index >= 15 is 0 Å². The largest absolute Gasteiger partial charge is 0.487 e. The third kappa shape index (κ3) is 3.54. The second-order valence-corrected chi connectivity index (χ2v) is 7.83. The van der Waals surface area contributed by atoms with E-state index in [1.54, 1.807) is 17.0 Å². The van der Waals surface area contributed by atoms with Crippen LogP contribution in [0.3, 0.4) is 0 Å². The highest BCUT2D eigenvalue weighted by Gasteiger charge is 2.34. The maximum Gasteiger partial charge on any atom is 0.251 e. The second-order valence-electron chi connectivity index (χ2n) is 7.83. The maximum atomic E-state index is 12.9. The molecule has 4 rings (SSSR count). The van der Waals surface area contributed by atoms with Gasteiger partial charge < -0.3 is 15.0 Å². The van der Waals surface area contributed by atoms with Gasteiger partial charge in [-0.2, -0.15) is 0 Å².